The highest BCUT2D eigenvalue weighted by Crippen LogP contribution is 2.32. The summed E-state index contributed by atoms with van der Waals surface area (Å²) in [4.78, 5) is 13.1. The fraction of sp³-hybridized carbons (Fsp3) is 0.227. The summed E-state index contributed by atoms with van der Waals surface area (Å²) in [5.74, 6) is 0.766. The highest BCUT2D eigenvalue weighted by Gasteiger charge is 2.26. The van der Waals surface area contributed by atoms with Gasteiger partial charge in [0.25, 0.3) is 0 Å². The monoisotopic (exact) mass is 421 g/mol. The van der Waals surface area contributed by atoms with Gasteiger partial charge in [0.15, 0.2) is 0 Å². The van der Waals surface area contributed by atoms with Gasteiger partial charge in [-0.2, -0.15) is 0 Å². The Morgan fingerprint density at radius 3 is 2.70 bits per heavy atom. The van der Waals surface area contributed by atoms with E-state index in [2.05, 4.69) is 56.2 Å². The Morgan fingerprint density at radius 1 is 1.10 bits per heavy atom. The van der Waals surface area contributed by atoms with Crippen molar-refractivity contribution in [2.24, 2.45) is 0 Å². The molecule has 7 nitrogen and oxygen atoms in total. The summed E-state index contributed by atoms with van der Waals surface area (Å²) < 4.78 is 25.5. The predicted octanol–water partition coefficient (Wildman–Crippen LogP) is 4.14. The molecule has 30 heavy (non-hydrogen) atoms. The third-order valence-electron chi connectivity index (χ3n) is 5.15. The van der Waals surface area contributed by atoms with E-state index >= 15 is 0 Å². The molecule has 0 spiro atoms. The number of rotatable bonds is 6. The van der Waals surface area contributed by atoms with E-state index in [9.17, 15) is 8.42 Å². The topological polar surface area (TPSA) is 96.9 Å². The van der Waals surface area contributed by atoms with Gasteiger partial charge in [0.1, 0.15) is 12.1 Å². The van der Waals surface area contributed by atoms with Crippen molar-refractivity contribution in [3.05, 3.63) is 67.3 Å². The summed E-state index contributed by atoms with van der Waals surface area (Å²) >= 11 is 0. The van der Waals surface area contributed by atoms with Gasteiger partial charge in [-0.25, -0.2) is 18.4 Å². The first-order valence-corrected chi connectivity index (χ1v) is 11.6. The van der Waals surface area contributed by atoms with E-state index in [0.717, 1.165) is 46.9 Å². The highest BCUT2D eigenvalue weighted by molar-refractivity contribution is 7.92. The molecule has 2 N–H and O–H groups in total. The Morgan fingerprint density at radius 2 is 1.97 bits per heavy atom. The summed E-state index contributed by atoms with van der Waals surface area (Å²) in [7, 11) is -3.38. The van der Waals surface area contributed by atoms with Gasteiger partial charge in [-0.05, 0) is 36.6 Å². The number of hydrogen-bond donors (Lipinski definition) is 2. The van der Waals surface area contributed by atoms with Crippen LogP contribution in [0.25, 0.3) is 22.0 Å². The lowest BCUT2D eigenvalue weighted by Gasteiger charge is -2.32. The third-order valence-corrected chi connectivity index (χ3v) is 5.76. The number of aromatic nitrogens is 3. The highest BCUT2D eigenvalue weighted by atomic mass is 32.2. The zero-order chi connectivity index (χ0) is 21.2. The van der Waals surface area contributed by atoms with Gasteiger partial charge in [-0.15, -0.1) is 0 Å². The molecule has 0 amide bonds. The first kappa shape index (κ1) is 20.0. The number of fused-ring (bicyclic) bond motifs is 1. The molecule has 0 radical (unpaired) electrons. The van der Waals surface area contributed by atoms with Crippen molar-refractivity contribution in [3.63, 3.8) is 0 Å². The van der Waals surface area contributed by atoms with Crippen molar-refractivity contribution in [2.75, 3.05) is 16.3 Å². The maximum atomic E-state index is 11.5. The maximum absolute atomic E-state index is 11.5. The van der Waals surface area contributed by atoms with E-state index < -0.39 is 10.0 Å². The minimum absolute atomic E-state index is 0.188. The van der Waals surface area contributed by atoms with Gasteiger partial charge >= 0.3 is 0 Å². The van der Waals surface area contributed by atoms with E-state index in [4.69, 9.17) is 0 Å². The van der Waals surface area contributed by atoms with Crippen molar-refractivity contribution < 1.29 is 8.42 Å². The summed E-state index contributed by atoms with van der Waals surface area (Å²) in [6, 6.07) is 7.64. The lowest BCUT2D eigenvalue weighted by Crippen LogP contribution is -2.36. The molecule has 4 rings (SSSR count). The van der Waals surface area contributed by atoms with Crippen molar-refractivity contribution in [3.8, 4) is 11.1 Å². The molecule has 0 bridgehead atoms. The first-order valence-electron chi connectivity index (χ1n) is 9.68. The molecule has 1 unspecified atom stereocenters. The average molecular weight is 422 g/mol. The summed E-state index contributed by atoms with van der Waals surface area (Å²) in [5.41, 5.74) is 2.76. The van der Waals surface area contributed by atoms with E-state index in [1.54, 1.807) is 18.6 Å². The van der Waals surface area contributed by atoms with E-state index in [1.807, 2.05) is 18.2 Å². The SMILES string of the molecule is CCC1(Nc2ncnc3ccc(-c4cncc(NS(C)(=O)=O)c4)cc23)C=CC=CC1. The van der Waals surface area contributed by atoms with Crippen LogP contribution < -0.4 is 10.0 Å². The Balaban J connectivity index is 1.74. The van der Waals surface area contributed by atoms with Crippen LogP contribution in [-0.2, 0) is 10.0 Å². The van der Waals surface area contributed by atoms with Crippen LogP contribution >= 0.6 is 0 Å². The molecule has 1 aliphatic carbocycles. The molecular weight excluding hydrogens is 398 g/mol. The summed E-state index contributed by atoms with van der Waals surface area (Å²) in [6.45, 7) is 2.15. The second-order valence-electron chi connectivity index (χ2n) is 7.42. The van der Waals surface area contributed by atoms with Gasteiger partial charge in [0.05, 0.1) is 29.2 Å². The molecule has 3 aromatic rings. The predicted molar refractivity (Wildman–Crippen MR) is 121 cm³/mol. The molecule has 1 aromatic carbocycles. The number of sulfonamides is 1. The number of hydrogen-bond acceptors (Lipinski definition) is 6. The molecule has 2 heterocycles. The van der Waals surface area contributed by atoms with Crippen LogP contribution in [0.15, 0.2) is 67.3 Å². The van der Waals surface area contributed by atoms with Crippen LogP contribution in [0.3, 0.4) is 0 Å². The molecule has 0 aliphatic heterocycles. The molecule has 154 valence electrons. The smallest absolute Gasteiger partial charge is 0.229 e. The van der Waals surface area contributed by atoms with Crippen LogP contribution in [-0.4, -0.2) is 35.2 Å². The molecule has 0 saturated heterocycles. The van der Waals surface area contributed by atoms with Gasteiger partial charge < -0.3 is 5.32 Å². The molecule has 0 fully saturated rings. The largest absolute Gasteiger partial charge is 0.360 e. The summed E-state index contributed by atoms with van der Waals surface area (Å²) in [6.07, 6.45) is 16.1. The zero-order valence-corrected chi connectivity index (χ0v) is 17.6. The van der Waals surface area contributed by atoms with Crippen molar-refractivity contribution >= 4 is 32.4 Å². The number of nitrogens with one attached hydrogen (secondary N) is 2. The normalized spacial score (nSPS) is 18.5. The van der Waals surface area contributed by atoms with Gasteiger partial charge in [0.2, 0.25) is 10.0 Å². The minimum atomic E-state index is -3.38. The standard InChI is InChI=1S/C22H23N5O2S/c1-3-22(9-5-4-6-10-22)26-21-19-12-16(7-8-20(19)24-15-25-21)17-11-18(14-23-13-17)27-30(2,28)29/h4-9,11-15,27H,3,10H2,1-2H3,(H,24,25,26). The molecule has 8 heteroatoms. The van der Waals surface area contributed by atoms with E-state index in [0.29, 0.717) is 5.69 Å². The summed E-state index contributed by atoms with van der Waals surface area (Å²) in [5, 5.41) is 4.51. The molecule has 1 atom stereocenters. The van der Waals surface area contributed by atoms with Gasteiger partial charge in [0, 0.05) is 17.1 Å². The van der Waals surface area contributed by atoms with E-state index in [1.165, 1.54) is 6.20 Å². The number of allylic oxidation sites excluding steroid dienone is 2. The van der Waals surface area contributed by atoms with Crippen molar-refractivity contribution in [1.82, 2.24) is 15.0 Å². The fourth-order valence-corrected chi connectivity index (χ4v) is 4.09. The van der Waals surface area contributed by atoms with Crippen molar-refractivity contribution in [2.45, 2.75) is 25.3 Å². The first-order chi connectivity index (χ1) is 14.4. The Labute approximate surface area is 176 Å². The Hall–Kier alpha value is -3.26. The number of pyridine rings is 1. The second-order valence-corrected chi connectivity index (χ2v) is 9.17. The van der Waals surface area contributed by atoms with Gasteiger partial charge in [-0.3, -0.25) is 9.71 Å². The minimum Gasteiger partial charge on any atom is -0.360 e. The Bertz CT molecular complexity index is 1250. The quantitative estimate of drug-likeness (QED) is 0.621. The fourth-order valence-electron chi connectivity index (χ4n) is 3.55. The van der Waals surface area contributed by atoms with E-state index in [-0.39, 0.29) is 5.54 Å². The van der Waals surface area contributed by atoms with Crippen molar-refractivity contribution in [1.29, 1.82) is 0 Å². The number of anilines is 2. The lowest BCUT2D eigenvalue weighted by molar-refractivity contribution is 0.555. The van der Waals surface area contributed by atoms with Crippen LogP contribution in [0.5, 0.6) is 0 Å². The average Bonchev–Trinajstić information content (AvgIpc) is 2.73. The molecule has 2 aromatic heterocycles. The third kappa shape index (κ3) is 4.33. The van der Waals surface area contributed by atoms with Crippen LogP contribution in [0, 0.1) is 0 Å². The molecule has 1 aliphatic rings. The Kier molecular flexibility index (Phi) is 5.26. The lowest BCUT2D eigenvalue weighted by atomic mass is 9.88. The second kappa shape index (κ2) is 7.87. The molecular formula is C22H23N5O2S. The van der Waals surface area contributed by atoms with Crippen LogP contribution in [0.4, 0.5) is 11.5 Å². The number of nitrogens with zero attached hydrogens (tertiary/aromatic N) is 3. The number of benzene rings is 1. The van der Waals surface area contributed by atoms with Crippen LogP contribution in [0.1, 0.15) is 19.8 Å². The maximum Gasteiger partial charge on any atom is 0.229 e. The zero-order valence-electron chi connectivity index (χ0n) is 16.8. The van der Waals surface area contributed by atoms with Gasteiger partial charge in [-0.1, -0.05) is 37.3 Å². The molecule has 0 saturated carbocycles. The van der Waals surface area contributed by atoms with Crippen LogP contribution in [0.2, 0.25) is 0 Å².